The van der Waals surface area contributed by atoms with Crippen molar-refractivity contribution in [3.05, 3.63) is 71.2 Å². The van der Waals surface area contributed by atoms with Crippen LogP contribution in [0.3, 0.4) is 0 Å². The lowest BCUT2D eigenvalue weighted by molar-refractivity contribution is -0.117. The predicted octanol–water partition coefficient (Wildman–Crippen LogP) is 2.08. The van der Waals surface area contributed by atoms with Crippen molar-refractivity contribution < 1.29 is 14.3 Å². The maximum atomic E-state index is 12.8. The summed E-state index contributed by atoms with van der Waals surface area (Å²) >= 11 is 0. The lowest BCUT2D eigenvalue weighted by atomic mass is 9.96. The fourth-order valence-electron chi connectivity index (χ4n) is 3.00. The van der Waals surface area contributed by atoms with Gasteiger partial charge in [0.2, 0.25) is 0 Å². The summed E-state index contributed by atoms with van der Waals surface area (Å²) in [6.45, 7) is 2.20. The number of nitrogens with one attached hydrogen (secondary N) is 3. The van der Waals surface area contributed by atoms with Crippen LogP contribution in [0.4, 0.5) is 4.79 Å². The van der Waals surface area contributed by atoms with Gasteiger partial charge in [0, 0.05) is 24.6 Å². The number of methoxy groups -OCH3 is 1. The number of hydrogen-bond donors (Lipinski definition) is 3. The first kappa shape index (κ1) is 18.4. The quantitative estimate of drug-likeness (QED) is 0.730. The summed E-state index contributed by atoms with van der Waals surface area (Å²) in [6, 6.07) is 10.5. The third-order valence-corrected chi connectivity index (χ3v) is 4.39. The van der Waals surface area contributed by atoms with Gasteiger partial charge in [0.15, 0.2) is 0 Å². The van der Waals surface area contributed by atoms with Crippen LogP contribution in [0.1, 0.15) is 24.1 Å². The Balaban J connectivity index is 1.69. The Morgan fingerprint density at radius 3 is 2.70 bits per heavy atom. The molecule has 0 saturated carbocycles. The van der Waals surface area contributed by atoms with Crippen LogP contribution in [0, 0.1) is 0 Å². The predicted molar refractivity (Wildman–Crippen MR) is 101 cm³/mol. The molecule has 3 rings (SSSR count). The molecule has 1 aliphatic heterocycles. The largest absolute Gasteiger partial charge is 0.497 e. The molecule has 3 N–H and O–H groups in total. The number of aromatic nitrogens is 1. The van der Waals surface area contributed by atoms with Crippen LogP contribution in [0.2, 0.25) is 0 Å². The molecule has 2 heterocycles. The molecule has 3 amide bonds. The number of carbonyl (C=O) groups excluding carboxylic acids is 2. The summed E-state index contributed by atoms with van der Waals surface area (Å²) in [7, 11) is 1.63. The molecule has 1 aromatic carbocycles. The highest BCUT2D eigenvalue weighted by atomic mass is 16.5. The highest BCUT2D eigenvalue weighted by molar-refractivity contribution is 5.98. The minimum Gasteiger partial charge on any atom is -0.497 e. The number of amides is 3. The number of urea groups is 1. The Bertz CT molecular complexity index is 847. The van der Waals surface area contributed by atoms with Gasteiger partial charge in [-0.15, -0.1) is 0 Å². The lowest BCUT2D eigenvalue weighted by Gasteiger charge is -2.28. The zero-order chi connectivity index (χ0) is 19.2. The van der Waals surface area contributed by atoms with Crippen molar-refractivity contribution in [1.29, 1.82) is 0 Å². The highest BCUT2D eigenvalue weighted by Gasteiger charge is 2.30. The summed E-state index contributed by atoms with van der Waals surface area (Å²) in [4.78, 5) is 28.7. The minimum atomic E-state index is -0.534. The van der Waals surface area contributed by atoms with E-state index in [4.69, 9.17) is 4.74 Å². The van der Waals surface area contributed by atoms with E-state index in [9.17, 15) is 9.59 Å². The van der Waals surface area contributed by atoms with Crippen LogP contribution in [-0.4, -0.2) is 30.6 Å². The molecule has 1 aliphatic rings. The van der Waals surface area contributed by atoms with Gasteiger partial charge in [0.05, 0.1) is 18.7 Å². The van der Waals surface area contributed by atoms with E-state index >= 15 is 0 Å². The van der Waals surface area contributed by atoms with Crippen LogP contribution < -0.4 is 20.7 Å². The topological polar surface area (TPSA) is 92.4 Å². The fourth-order valence-corrected chi connectivity index (χ4v) is 3.00. The first-order valence-corrected chi connectivity index (χ1v) is 8.68. The van der Waals surface area contributed by atoms with Crippen LogP contribution in [0.25, 0.3) is 0 Å². The smallest absolute Gasteiger partial charge is 0.319 e. The van der Waals surface area contributed by atoms with Gasteiger partial charge in [0.25, 0.3) is 5.91 Å². The normalized spacial score (nSPS) is 16.4. The molecule has 0 spiro atoms. The Labute approximate surface area is 157 Å². The minimum absolute atomic E-state index is 0.220. The zero-order valence-corrected chi connectivity index (χ0v) is 15.3. The third-order valence-electron chi connectivity index (χ3n) is 4.39. The molecule has 0 radical (unpaired) electrons. The monoisotopic (exact) mass is 366 g/mol. The average Bonchev–Trinajstić information content (AvgIpc) is 2.68. The van der Waals surface area contributed by atoms with E-state index in [1.54, 1.807) is 32.5 Å². The fraction of sp³-hybridized carbons (Fsp3) is 0.250. The van der Waals surface area contributed by atoms with Crippen molar-refractivity contribution in [2.24, 2.45) is 0 Å². The standard InChI is InChI=1S/C20H22N4O3/c1-13-17(18(24-20(26)23-13)15-4-3-10-21-12-15)19(25)22-11-9-14-5-7-16(27-2)8-6-14/h3-8,10,12,18H,9,11H2,1-2H3,(H,22,25)(H2,23,24,26)/t18-/m0/s1. The van der Waals surface area contributed by atoms with E-state index in [-0.39, 0.29) is 11.9 Å². The molecule has 0 aliphatic carbocycles. The zero-order valence-electron chi connectivity index (χ0n) is 15.3. The number of benzene rings is 1. The van der Waals surface area contributed by atoms with Gasteiger partial charge in [-0.2, -0.15) is 0 Å². The highest BCUT2D eigenvalue weighted by Crippen LogP contribution is 2.26. The van der Waals surface area contributed by atoms with Crippen molar-refractivity contribution in [2.75, 3.05) is 13.7 Å². The second-order valence-electron chi connectivity index (χ2n) is 6.21. The Kier molecular flexibility index (Phi) is 5.71. The van der Waals surface area contributed by atoms with Crippen LogP contribution in [-0.2, 0) is 11.2 Å². The van der Waals surface area contributed by atoms with Crippen molar-refractivity contribution in [1.82, 2.24) is 20.9 Å². The van der Waals surface area contributed by atoms with E-state index in [1.807, 2.05) is 30.3 Å². The lowest BCUT2D eigenvalue weighted by Crippen LogP contribution is -2.47. The maximum absolute atomic E-state index is 12.8. The van der Waals surface area contributed by atoms with Gasteiger partial charge < -0.3 is 20.7 Å². The number of rotatable bonds is 6. The van der Waals surface area contributed by atoms with Gasteiger partial charge in [0.1, 0.15) is 5.75 Å². The number of hydrogen-bond acceptors (Lipinski definition) is 4. The Morgan fingerprint density at radius 2 is 2.04 bits per heavy atom. The number of nitrogens with zero attached hydrogens (tertiary/aromatic N) is 1. The van der Waals surface area contributed by atoms with Crippen LogP contribution in [0.5, 0.6) is 5.75 Å². The molecule has 2 aromatic rings. The summed E-state index contributed by atoms with van der Waals surface area (Å²) in [5.41, 5.74) is 2.87. The van der Waals surface area contributed by atoms with Crippen LogP contribution >= 0.6 is 0 Å². The second kappa shape index (κ2) is 8.35. The molecular weight excluding hydrogens is 344 g/mol. The summed E-state index contributed by atoms with van der Waals surface area (Å²) < 4.78 is 5.14. The molecule has 0 unspecified atom stereocenters. The van der Waals surface area contributed by atoms with E-state index in [0.29, 0.717) is 24.2 Å². The van der Waals surface area contributed by atoms with E-state index < -0.39 is 6.04 Å². The number of pyridine rings is 1. The summed E-state index contributed by atoms with van der Waals surface area (Å²) in [6.07, 6.45) is 3.99. The maximum Gasteiger partial charge on any atom is 0.319 e. The van der Waals surface area contributed by atoms with Crippen molar-refractivity contribution in [2.45, 2.75) is 19.4 Å². The molecule has 27 heavy (non-hydrogen) atoms. The molecule has 1 atom stereocenters. The molecule has 1 aromatic heterocycles. The molecule has 0 saturated heterocycles. The number of carbonyl (C=O) groups is 2. The second-order valence-corrected chi connectivity index (χ2v) is 6.21. The molecule has 140 valence electrons. The van der Waals surface area contributed by atoms with E-state index in [1.165, 1.54) is 0 Å². The first-order valence-electron chi connectivity index (χ1n) is 8.68. The van der Waals surface area contributed by atoms with E-state index in [2.05, 4.69) is 20.9 Å². The summed E-state index contributed by atoms with van der Waals surface area (Å²) in [5.74, 6) is 0.578. The van der Waals surface area contributed by atoms with Gasteiger partial charge in [-0.05, 0) is 42.7 Å². The van der Waals surface area contributed by atoms with E-state index in [0.717, 1.165) is 16.9 Å². The SMILES string of the molecule is COc1ccc(CCNC(=O)C2=C(C)NC(=O)N[C@H]2c2cccnc2)cc1. The van der Waals surface area contributed by atoms with Crippen LogP contribution in [0.15, 0.2) is 60.1 Å². The molecule has 7 nitrogen and oxygen atoms in total. The Hall–Kier alpha value is -3.35. The molecule has 7 heteroatoms. The molecule has 0 fully saturated rings. The van der Waals surface area contributed by atoms with Gasteiger partial charge >= 0.3 is 6.03 Å². The number of ether oxygens (including phenoxy) is 1. The third kappa shape index (κ3) is 4.44. The van der Waals surface area contributed by atoms with Gasteiger partial charge in [-0.25, -0.2) is 4.79 Å². The summed E-state index contributed by atoms with van der Waals surface area (Å²) in [5, 5.41) is 8.39. The van der Waals surface area contributed by atoms with Crippen molar-refractivity contribution in [3.63, 3.8) is 0 Å². The van der Waals surface area contributed by atoms with Crippen molar-refractivity contribution in [3.8, 4) is 5.75 Å². The van der Waals surface area contributed by atoms with Gasteiger partial charge in [-0.3, -0.25) is 9.78 Å². The first-order chi connectivity index (χ1) is 13.1. The van der Waals surface area contributed by atoms with Crippen molar-refractivity contribution >= 4 is 11.9 Å². The number of allylic oxidation sites excluding steroid dienone is 1. The van der Waals surface area contributed by atoms with Gasteiger partial charge in [-0.1, -0.05) is 18.2 Å². The molecule has 0 bridgehead atoms. The average molecular weight is 366 g/mol. The molecular formula is C20H22N4O3. The Morgan fingerprint density at radius 1 is 1.26 bits per heavy atom.